The van der Waals surface area contributed by atoms with Crippen LogP contribution < -0.4 is 0 Å². The summed E-state index contributed by atoms with van der Waals surface area (Å²) in [6.07, 6.45) is 0.115. The summed E-state index contributed by atoms with van der Waals surface area (Å²) in [5.41, 5.74) is 0.676. The Morgan fingerprint density at radius 2 is 1.93 bits per heavy atom. The first-order valence-corrected chi connectivity index (χ1v) is 9.98. The monoisotopic (exact) mass is 451 g/mol. The van der Waals surface area contributed by atoms with Crippen LogP contribution in [0.15, 0.2) is 36.8 Å². The molecule has 3 aromatic rings. The number of Topliss-reactive ketones (excluding diaryl/α,β-unsaturated/α-hetero) is 1. The Kier molecular flexibility index (Phi) is 4.61. The van der Waals surface area contributed by atoms with Crippen molar-refractivity contribution in [2.75, 3.05) is 0 Å². The molecule has 4 atom stereocenters. The van der Waals surface area contributed by atoms with Crippen molar-refractivity contribution in [3.8, 4) is 0 Å². The van der Waals surface area contributed by atoms with Crippen LogP contribution in [0.5, 0.6) is 0 Å². The van der Waals surface area contributed by atoms with Crippen LogP contribution in [0.25, 0.3) is 11.0 Å². The summed E-state index contributed by atoms with van der Waals surface area (Å²) in [5, 5.41) is 0.889. The maximum atomic E-state index is 13.9. The molecule has 10 heteroatoms. The van der Waals surface area contributed by atoms with E-state index in [9.17, 15) is 9.18 Å². The van der Waals surface area contributed by atoms with Gasteiger partial charge in [-0.15, -0.1) is 0 Å². The minimum absolute atomic E-state index is 0.0633. The fourth-order valence-corrected chi connectivity index (χ4v) is 4.28. The van der Waals surface area contributed by atoms with Crippen molar-refractivity contribution < 1.29 is 23.4 Å². The van der Waals surface area contributed by atoms with Gasteiger partial charge in [0.1, 0.15) is 35.2 Å². The second-order valence-corrected chi connectivity index (χ2v) is 8.40. The number of hydrogen-bond acceptors (Lipinski definition) is 6. The molecule has 5 rings (SSSR count). The van der Waals surface area contributed by atoms with Gasteiger partial charge >= 0.3 is 0 Å². The van der Waals surface area contributed by atoms with Crippen LogP contribution in [-0.4, -0.2) is 44.4 Å². The van der Waals surface area contributed by atoms with Crippen LogP contribution in [0.2, 0.25) is 10.2 Å². The molecule has 2 aromatic heterocycles. The van der Waals surface area contributed by atoms with Crippen molar-refractivity contribution in [2.45, 2.75) is 44.2 Å². The molecule has 2 saturated heterocycles. The highest BCUT2D eigenvalue weighted by atomic mass is 35.5. The van der Waals surface area contributed by atoms with Crippen LogP contribution in [0.1, 0.15) is 30.4 Å². The summed E-state index contributed by atoms with van der Waals surface area (Å²) in [7, 11) is 0. The molecule has 2 fully saturated rings. The van der Waals surface area contributed by atoms with E-state index in [0.29, 0.717) is 16.2 Å². The molecule has 4 heterocycles. The molecule has 0 saturated carbocycles. The first-order valence-electron chi connectivity index (χ1n) is 9.22. The molecule has 1 unspecified atom stereocenters. The van der Waals surface area contributed by atoms with Crippen molar-refractivity contribution in [2.24, 2.45) is 0 Å². The van der Waals surface area contributed by atoms with Crippen LogP contribution in [0.4, 0.5) is 4.39 Å². The smallest absolute Gasteiger partial charge is 0.194 e. The zero-order valence-electron chi connectivity index (χ0n) is 15.9. The van der Waals surface area contributed by atoms with Gasteiger partial charge in [0.25, 0.3) is 0 Å². The summed E-state index contributed by atoms with van der Waals surface area (Å²) in [6, 6.07) is 5.65. The number of nitrogens with zero attached hydrogens (tertiary/aromatic N) is 3. The average Bonchev–Trinajstić information content (AvgIpc) is 3.34. The van der Waals surface area contributed by atoms with E-state index in [1.54, 1.807) is 30.7 Å². The van der Waals surface area contributed by atoms with Gasteiger partial charge in [0.05, 0.1) is 10.4 Å². The fourth-order valence-electron chi connectivity index (χ4n) is 3.97. The van der Waals surface area contributed by atoms with Crippen molar-refractivity contribution in [1.29, 1.82) is 0 Å². The highest BCUT2D eigenvalue weighted by Gasteiger charge is 2.58. The lowest BCUT2D eigenvalue weighted by Crippen LogP contribution is -2.35. The molecule has 0 bridgehead atoms. The molecule has 0 amide bonds. The normalized spacial score (nSPS) is 27.5. The number of carbonyl (C=O) groups is 1. The molecule has 30 heavy (non-hydrogen) atoms. The van der Waals surface area contributed by atoms with Gasteiger partial charge in [0.2, 0.25) is 0 Å². The Morgan fingerprint density at radius 1 is 1.17 bits per heavy atom. The van der Waals surface area contributed by atoms with Gasteiger partial charge in [-0.2, -0.15) is 0 Å². The van der Waals surface area contributed by atoms with Crippen LogP contribution in [0.3, 0.4) is 0 Å². The topological polar surface area (TPSA) is 75.5 Å². The molecular weight excluding hydrogens is 436 g/mol. The molecule has 7 nitrogen and oxygen atoms in total. The van der Waals surface area contributed by atoms with E-state index in [1.807, 2.05) is 0 Å². The van der Waals surface area contributed by atoms with Crippen LogP contribution in [0, 0.1) is 5.82 Å². The summed E-state index contributed by atoms with van der Waals surface area (Å²) in [4.78, 5) is 21.4. The summed E-state index contributed by atoms with van der Waals surface area (Å²) in [6.45, 7) is 3.53. The predicted molar refractivity (Wildman–Crippen MR) is 106 cm³/mol. The number of ether oxygens (including phenoxy) is 3. The summed E-state index contributed by atoms with van der Waals surface area (Å²) >= 11 is 11.9. The number of rotatable bonds is 3. The zero-order valence-corrected chi connectivity index (χ0v) is 17.4. The van der Waals surface area contributed by atoms with Crippen molar-refractivity contribution in [1.82, 2.24) is 14.5 Å². The highest BCUT2D eigenvalue weighted by molar-refractivity contribution is 6.33. The number of fused-ring (bicyclic) bond motifs is 2. The third-order valence-electron chi connectivity index (χ3n) is 5.23. The number of halogens is 3. The van der Waals surface area contributed by atoms with E-state index in [4.69, 9.17) is 37.4 Å². The summed E-state index contributed by atoms with van der Waals surface area (Å²) < 4.78 is 33.8. The van der Waals surface area contributed by atoms with E-state index < -0.39 is 41.9 Å². The van der Waals surface area contributed by atoms with Gasteiger partial charge in [-0.25, -0.2) is 14.4 Å². The Hall–Kier alpha value is -2.10. The summed E-state index contributed by atoms with van der Waals surface area (Å²) in [5.74, 6) is -2.02. The number of ketones is 1. The third kappa shape index (κ3) is 3.11. The van der Waals surface area contributed by atoms with Gasteiger partial charge in [0, 0.05) is 11.8 Å². The fraction of sp³-hybridized carbons (Fsp3) is 0.350. The largest absolute Gasteiger partial charge is 0.341 e. The third-order valence-corrected chi connectivity index (χ3v) is 5.83. The quantitative estimate of drug-likeness (QED) is 0.439. The molecule has 0 spiro atoms. The van der Waals surface area contributed by atoms with Gasteiger partial charge in [-0.1, -0.05) is 23.2 Å². The number of carbonyl (C=O) groups excluding carboxylic acids is 1. The average molecular weight is 452 g/mol. The van der Waals surface area contributed by atoms with E-state index >= 15 is 0 Å². The second-order valence-electron chi connectivity index (χ2n) is 7.63. The lowest BCUT2D eigenvalue weighted by Gasteiger charge is -2.24. The maximum Gasteiger partial charge on any atom is 0.194 e. The van der Waals surface area contributed by atoms with E-state index in [2.05, 4.69) is 9.97 Å². The molecule has 0 aliphatic carbocycles. The number of benzene rings is 1. The Labute approximate surface area is 180 Å². The highest BCUT2D eigenvalue weighted by Crippen LogP contribution is 2.45. The van der Waals surface area contributed by atoms with Gasteiger partial charge in [0.15, 0.2) is 23.9 Å². The molecular formula is C20H16Cl2FN3O4. The molecule has 0 radical (unpaired) electrons. The molecule has 0 N–H and O–H groups in total. The maximum absolute atomic E-state index is 13.9. The van der Waals surface area contributed by atoms with E-state index in [-0.39, 0.29) is 10.6 Å². The van der Waals surface area contributed by atoms with Crippen molar-refractivity contribution in [3.05, 3.63) is 58.3 Å². The first-order chi connectivity index (χ1) is 14.2. The van der Waals surface area contributed by atoms with Crippen LogP contribution in [-0.2, 0) is 14.2 Å². The van der Waals surface area contributed by atoms with E-state index in [0.717, 1.165) is 6.07 Å². The number of hydrogen-bond donors (Lipinski definition) is 0. The predicted octanol–water partition coefficient (Wildman–Crippen LogP) is 4.18. The van der Waals surface area contributed by atoms with E-state index in [1.165, 1.54) is 18.5 Å². The van der Waals surface area contributed by atoms with Gasteiger partial charge in [-0.3, -0.25) is 4.79 Å². The van der Waals surface area contributed by atoms with Crippen molar-refractivity contribution >= 4 is 40.0 Å². The Balaban J connectivity index is 1.54. The molecule has 2 aliphatic heterocycles. The molecule has 2 aliphatic rings. The number of aromatic nitrogens is 3. The van der Waals surface area contributed by atoms with Crippen molar-refractivity contribution in [3.63, 3.8) is 0 Å². The molecule has 156 valence electrons. The standard InChI is InChI=1S/C20H16Cl2FN3O4/c1-20(2)29-15-14(13(27)9-3-4-11(21)12(23)7-9)28-19(16(15)30-20)26-6-5-10-17(22)24-8-25-18(10)26/h3-8,14-16,19H,1-2H3/t14-,15-,16?,19-/m1/s1. The Morgan fingerprint density at radius 3 is 2.70 bits per heavy atom. The SMILES string of the molecule is CC1(C)OC2[C@H](n3ccc4c(Cl)ncnc43)O[C@H](C(=O)c3ccc(Cl)c(F)c3)[C@H]2O1. The first kappa shape index (κ1) is 19.8. The van der Waals surface area contributed by atoms with Gasteiger partial charge < -0.3 is 18.8 Å². The minimum atomic E-state index is -1.00. The minimum Gasteiger partial charge on any atom is -0.341 e. The van der Waals surface area contributed by atoms with Crippen LogP contribution >= 0.6 is 23.2 Å². The zero-order chi connectivity index (χ0) is 21.2. The Bertz CT molecular complexity index is 1170. The second kappa shape index (κ2) is 6.96. The lowest BCUT2D eigenvalue weighted by atomic mass is 10.0. The van der Waals surface area contributed by atoms with Gasteiger partial charge in [-0.05, 0) is 38.1 Å². The lowest BCUT2D eigenvalue weighted by molar-refractivity contribution is -0.190. The molecule has 1 aromatic carbocycles.